The molecule has 0 unspecified atom stereocenters. The first kappa shape index (κ1) is 22.8. The monoisotopic (exact) mass is 490 g/mol. The van der Waals surface area contributed by atoms with Gasteiger partial charge in [-0.1, -0.05) is 36.4 Å². The molecule has 184 valence electrons. The number of carbonyl (C=O) groups excluding carboxylic acids is 1. The van der Waals surface area contributed by atoms with Crippen LogP contribution in [0.25, 0.3) is 16.9 Å². The Kier molecular flexibility index (Phi) is 5.84. The van der Waals surface area contributed by atoms with E-state index in [0.717, 1.165) is 40.7 Å². The Balaban J connectivity index is 1.25. The van der Waals surface area contributed by atoms with Gasteiger partial charge in [-0.3, -0.25) is 9.59 Å². The average Bonchev–Trinajstić information content (AvgIpc) is 3.73. The fraction of sp³-hybridized carbons (Fsp3) is 0.207. The summed E-state index contributed by atoms with van der Waals surface area (Å²) in [5.41, 5.74) is 4.88. The second kappa shape index (κ2) is 9.46. The topological polar surface area (TPSA) is 94.7 Å². The van der Waals surface area contributed by atoms with Gasteiger partial charge in [0.2, 0.25) is 0 Å². The van der Waals surface area contributed by atoms with Gasteiger partial charge in [0, 0.05) is 36.6 Å². The number of hydrogen-bond donors (Lipinski definition) is 1. The van der Waals surface area contributed by atoms with Crippen LogP contribution in [0.3, 0.4) is 0 Å². The SMILES string of the molecule is Cc1nn(-c2ccccn2)c2nc(C3CC3)cc(C(=O)NCc3ccc(Cn4ccccc4=O)cc3)c12. The van der Waals surface area contributed by atoms with Gasteiger partial charge in [-0.15, -0.1) is 0 Å². The summed E-state index contributed by atoms with van der Waals surface area (Å²) in [4.78, 5) is 34.7. The van der Waals surface area contributed by atoms with E-state index < -0.39 is 0 Å². The lowest BCUT2D eigenvalue weighted by Crippen LogP contribution is -2.23. The molecule has 5 aromatic rings. The Labute approximate surface area is 213 Å². The summed E-state index contributed by atoms with van der Waals surface area (Å²) < 4.78 is 3.39. The molecule has 0 saturated heterocycles. The largest absolute Gasteiger partial charge is 0.348 e. The molecule has 6 rings (SSSR count). The number of nitrogens with zero attached hydrogens (tertiary/aromatic N) is 5. The fourth-order valence-corrected chi connectivity index (χ4v) is 4.54. The molecule has 0 bridgehead atoms. The Morgan fingerprint density at radius 1 is 1.03 bits per heavy atom. The van der Waals surface area contributed by atoms with Gasteiger partial charge in [0.15, 0.2) is 11.5 Å². The van der Waals surface area contributed by atoms with Crippen molar-refractivity contribution in [1.82, 2.24) is 29.6 Å². The molecule has 1 saturated carbocycles. The highest BCUT2D eigenvalue weighted by molar-refractivity contribution is 6.06. The minimum atomic E-state index is -0.155. The van der Waals surface area contributed by atoms with Gasteiger partial charge >= 0.3 is 0 Å². The quantitative estimate of drug-likeness (QED) is 0.370. The summed E-state index contributed by atoms with van der Waals surface area (Å²) in [6, 6.07) is 20.6. The van der Waals surface area contributed by atoms with Gasteiger partial charge in [0.25, 0.3) is 11.5 Å². The van der Waals surface area contributed by atoms with Gasteiger partial charge in [-0.25, -0.2) is 9.97 Å². The molecule has 4 aromatic heterocycles. The second-order valence-corrected chi connectivity index (χ2v) is 9.42. The van der Waals surface area contributed by atoms with Crippen LogP contribution in [-0.4, -0.2) is 30.2 Å². The molecule has 8 nitrogen and oxygen atoms in total. The summed E-state index contributed by atoms with van der Waals surface area (Å²) in [5.74, 6) is 0.899. The third-order valence-electron chi connectivity index (χ3n) is 6.67. The van der Waals surface area contributed by atoms with Gasteiger partial charge in [-0.05, 0) is 55.2 Å². The van der Waals surface area contributed by atoms with Crippen molar-refractivity contribution in [2.45, 2.75) is 38.8 Å². The first-order chi connectivity index (χ1) is 18.1. The lowest BCUT2D eigenvalue weighted by atomic mass is 10.1. The highest BCUT2D eigenvalue weighted by Crippen LogP contribution is 2.40. The molecule has 4 heterocycles. The predicted octanol–water partition coefficient (Wildman–Crippen LogP) is 4.14. The number of carbonyl (C=O) groups is 1. The van der Waals surface area contributed by atoms with E-state index in [1.165, 1.54) is 0 Å². The number of benzene rings is 1. The fourth-order valence-electron chi connectivity index (χ4n) is 4.54. The van der Waals surface area contributed by atoms with Crippen molar-refractivity contribution in [2.24, 2.45) is 0 Å². The molecule has 1 aliphatic carbocycles. The van der Waals surface area contributed by atoms with E-state index in [1.807, 2.05) is 61.5 Å². The lowest BCUT2D eigenvalue weighted by Gasteiger charge is -2.10. The van der Waals surface area contributed by atoms with Gasteiger partial charge in [0.1, 0.15) is 0 Å². The molecular formula is C29H26N6O2. The van der Waals surface area contributed by atoms with Gasteiger partial charge < -0.3 is 9.88 Å². The third-order valence-corrected chi connectivity index (χ3v) is 6.67. The maximum Gasteiger partial charge on any atom is 0.252 e. The van der Waals surface area contributed by atoms with Crippen LogP contribution in [0.1, 0.15) is 51.6 Å². The van der Waals surface area contributed by atoms with Crippen molar-refractivity contribution in [3.05, 3.63) is 118 Å². The van der Waals surface area contributed by atoms with Crippen LogP contribution in [0.2, 0.25) is 0 Å². The van der Waals surface area contributed by atoms with Crippen LogP contribution in [0.15, 0.2) is 83.9 Å². The first-order valence-corrected chi connectivity index (χ1v) is 12.4. The van der Waals surface area contributed by atoms with Crippen LogP contribution < -0.4 is 10.9 Å². The Morgan fingerprint density at radius 2 is 1.81 bits per heavy atom. The van der Waals surface area contributed by atoms with E-state index in [9.17, 15) is 9.59 Å². The Hall–Kier alpha value is -4.59. The smallest absolute Gasteiger partial charge is 0.252 e. The number of aryl methyl sites for hydroxylation is 1. The zero-order valence-corrected chi connectivity index (χ0v) is 20.5. The van der Waals surface area contributed by atoms with Crippen LogP contribution in [0, 0.1) is 6.92 Å². The van der Waals surface area contributed by atoms with Gasteiger partial charge in [0.05, 0.1) is 23.2 Å². The number of nitrogens with one attached hydrogen (secondary N) is 1. The molecule has 0 spiro atoms. The third kappa shape index (κ3) is 4.65. The van der Waals surface area contributed by atoms with Crippen molar-refractivity contribution in [3.8, 4) is 5.82 Å². The van der Waals surface area contributed by atoms with E-state index >= 15 is 0 Å². The zero-order chi connectivity index (χ0) is 25.4. The molecule has 1 aromatic carbocycles. The Morgan fingerprint density at radius 3 is 2.54 bits per heavy atom. The van der Waals surface area contributed by atoms with E-state index in [-0.39, 0.29) is 11.5 Å². The number of aromatic nitrogens is 5. The summed E-state index contributed by atoms with van der Waals surface area (Å²) in [7, 11) is 0. The highest BCUT2D eigenvalue weighted by Gasteiger charge is 2.29. The molecule has 1 aliphatic rings. The molecule has 1 N–H and O–H groups in total. The molecule has 0 atom stereocenters. The normalized spacial score (nSPS) is 13.1. The lowest BCUT2D eigenvalue weighted by molar-refractivity contribution is 0.0952. The maximum absolute atomic E-state index is 13.4. The van der Waals surface area contributed by atoms with E-state index in [2.05, 4.69) is 15.4 Å². The summed E-state index contributed by atoms with van der Waals surface area (Å²) in [5, 5.41) is 8.50. The highest BCUT2D eigenvalue weighted by atomic mass is 16.1. The van der Waals surface area contributed by atoms with Crippen molar-refractivity contribution in [1.29, 1.82) is 0 Å². The minimum Gasteiger partial charge on any atom is -0.348 e. The zero-order valence-electron chi connectivity index (χ0n) is 20.5. The molecule has 0 aliphatic heterocycles. The number of pyridine rings is 3. The average molecular weight is 491 g/mol. The van der Waals surface area contributed by atoms with Crippen molar-refractivity contribution < 1.29 is 4.79 Å². The molecule has 1 fully saturated rings. The standard InChI is InChI=1S/C29H26N6O2/c1-19-27-23(16-24(22-12-13-22)32-28(27)35(33-19)25-6-2-4-14-30-25)29(37)31-17-20-8-10-21(11-9-20)18-34-15-5-3-7-26(34)36/h2-11,14-16,22H,12-13,17-18H2,1H3,(H,31,37). The molecule has 8 heteroatoms. The van der Waals surface area contributed by atoms with Crippen molar-refractivity contribution in [2.75, 3.05) is 0 Å². The van der Waals surface area contributed by atoms with Crippen LogP contribution in [0.4, 0.5) is 0 Å². The number of fused-ring (bicyclic) bond motifs is 1. The molecular weight excluding hydrogens is 464 g/mol. The first-order valence-electron chi connectivity index (χ1n) is 12.4. The minimum absolute atomic E-state index is 0.0327. The summed E-state index contributed by atoms with van der Waals surface area (Å²) in [6.45, 7) is 2.79. The molecule has 37 heavy (non-hydrogen) atoms. The predicted molar refractivity (Wildman–Crippen MR) is 141 cm³/mol. The van der Waals surface area contributed by atoms with Gasteiger partial charge in [-0.2, -0.15) is 9.78 Å². The number of amides is 1. The summed E-state index contributed by atoms with van der Waals surface area (Å²) >= 11 is 0. The molecule has 1 amide bonds. The van der Waals surface area contributed by atoms with Crippen LogP contribution in [-0.2, 0) is 13.1 Å². The van der Waals surface area contributed by atoms with Crippen LogP contribution >= 0.6 is 0 Å². The number of hydrogen-bond acceptors (Lipinski definition) is 5. The molecule has 0 radical (unpaired) electrons. The number of rotatable bonds is 7. The summed E-state index contributed by atoms with van der Waals surface area (Å²) in [6.07, 6.45) is 5.66. The van der Waals surface area contributed by atoms with Crippen molar-refractivity contribution in [3.63, 3.8) is 0 Å². The van der Waals surface area contributed by atoms with Crippen molar-refractivity contribution >= 4 is 16.9 Å². The second-order valence-electron chi connectivity index (χ2n) is 9.42. The van der Waals surface area contributed by atoms with E-state index in [1.54, 1.807) is 33.8 Å². The van der Waals surface area contributed by atoms with E-state index in [4.69, 9.17) is 4.98 Å². The van der Waals surface area contributed by atoms with Crippen LogP contribution in [0.5, 0.6) is 0 Å². The maximum atomic E-state index is 13.4. The Bertz CT molecular complexity index is 1650. The van der Waals surface area contributed by atoms with E-state index in [0.29, 0.717) is 36.0 Å².